The van der Waals surface area contributed by atoms with Crippen molar-refractivity contribution < 1.29 is 0 Å². The van der Waals surface area contributed by atoms with Crippen LogP contribution in [0.1, 0.15) is 132 Å². The third-order valence-corrected chi connectivity index (χ3v) is 9.02. The van der Waals surface area contributed by atoms with Gasteiger partial charge in [0.05, 0.1) is 12.3 Å². The molecule has 7 unspecified atom stereocenters. The van der Waals surface area contributed by atoms with Gasteiger partial charge in [0, 0.05) is 25.2 Å². The van der Waals surface area contributed by atoms with Crippen LogP contribution in [0.4, 0.5) is 0 Å². The van der Waals surface area contributed by atoms with Gasteiger partial charge in [-0.1, -0.05) is 87.0 Å². The topological polar surface area (TPSA) is 39.3 Å². The van der Waals surface area contributed by atoms with E-state index in [1.165, 1.54) is 90.1 Å². The lowest BCUT2D eigenvalue weighted by Gasteiger charge is -2.43. The fourth-order valence-corrected chi connectivity index (χ4v) is 7.06. The molecule has 0 saturated carbocycles. The second kappa shape index (κ2) is 15.9. The van der Waals surface area contributed by atoms with Crippen molar-refractivity contribution in [2.75, 3.05) is 19.6 Å². The monoisotopic (exact) mass is 493 g/mol. The summed E-state index contributed by atoms with van der Waals surface area (Å²) in [5, 5.41) is 12.3. The fourth-order valence-electron chi connectivity index (χ4n) is 7.06. The van der Waals surface area contributed by atoms with Gasteiger partial charge in [-0.3, -0.25) is 15.5 Å². The molecule has 4 heteroatoms. The van der Waals surface area contributed by atoms with Crippen molar-refractivity contribution in [3.05, 3.63) is 0 Å². The van der Waals surface area contributed by atoms with E-state index in [0.717, 1.165) is 24.3 Å². The first-order valence-corrected chi connectivity index (χ1v) is 15.7. The molecule has 0 spiro atoms. The highest BCUT2D eigenvalue weighted by Gasteiger charge is 2.36. The molecule has 35 heavy (non-hydrogen) atoms. The van der Waals surface area contributed by atoms with E-state index in [9.17, 15) is 0 Å². The first kappa shape index (κ1) is 31.1. The summed E-state index contributed by atoms with van der Waals surface area (Å²) >= 11 is 0. The number of hydrogen-bond donors (Lipinski definition) is 3. The minimum atomic E-state index is 0.357. The molecule has 2 saturated heterocycles. The van der Waals surface area contributed by atoms with Crippen LogP contribution in [0.25, 0.3) is 0 Å². The van der Waals surface area contributed by atoms with Crippen molar-refractivity contribution in [1.29, 1.82) is 0 Å². The smallest absolute Gasteiger partial charge is 0.0626 e. The van der Waals surface area contributed by atoms with Crippen LogP contribution in [0.15, 0.2) is 0 Å². The summed E-state index contributed by atoms with van der Waals surface area (Å²) < 4.78 is 0. The third kappa shape index (κ3) is 10.6. The Morgan fingerprint density at radius 3 is 2.14 bits per heavy atom. The van der Waals surface area contributed by atoms with Gasteiger partial charge in [0.2, 0.25) is 0 Å². The molecular weight excluding hydrogens is 428 g/mol. The van der Waals surface area contributed by atoms with Gasteiger partial charge in [-0.15, -0.1) is 0 Å². The molecular formula is C31H64N4. The van der Waals surface area contributed by atoms with Gasteiger partial charge in [0.15, 0.2) is 0 Å². The van der Waals surface area contributed by atoms with Crippen molar-refractivity contribution in [1.82, 2.24) is 20.9 Å². The van der Waals surface area contributed by atoms with Gasteiger partial charge >= 0.3 is 0 Å². The lowest BCUT2D eigenvalue weighted by Crippen LogP contribution is -2.58. The minimum absolute atomic E-state index is 0.357. The maximum atomic E-state index is 4.18. The van der Waals surface area contributed by atoms with Crippen LogP contribution >= 0.6 is 0 Å². The summed E-state index contributed by atoms with van der Waals surface area (Å²) in [6.07, 6.45) is 16.7. The zero-order valence-electron chi connectivity index (χ0n) is 25.1. The van der Waals surface area contributed by atoms with E-state index in [0.29, 0.717) is 29.8 Å². The number of nitrogens with zero attached hydrogens (tertiary/aromatic N) is 1. The molecule has 0 aromatic rings. The molecule has 4 nitrogen and oxygen atoms in total. The summed E-state index contributed by atoms with van der Waals surface area (Å²) in [5.74, 6) is 2.27. The van der Waals surface area contributed by atoms with Crippen LogP contribution in [0, 0.1) is 23.2 Å². The molecule has 0 radical (unpaired) electrons. The van der Waals surface area contributed by atoms with E-state index in [1.807, 2.05) is 0 Å². The Hall–Kier alpha value is -0.160. The van der Waals surface area contributed by atoms with E-state index in [2.05, 4.69) is 76.2 Å². The zero-order chi connectivity index (χ0) is 25.8. The quantitative estimate of drug-likeness (QED) is 0.270. The first-order chi connectivity index (χ1) is 16.7. The SMILES string of the molecule is CCCCC(CC)C1NC(C)CCC(CN2CC(C)(C)CC(C)CCNC2C(CC)CCCC)N1. The fraction of sp³-hybridized carbons (Fsp3) is 1.00. The standard InChI is InChI=1S/C31H64N4/c1-9-13-15-26(11-3)29-33-25(6)17-18-28(34-29)22-35-23-31(7,8)21-24(5)19-20-32-30(35)27(12-4)16-14-10-2/h24-30,32-34H,9-23H2,1-8H3. The molecule has 7 atom stereocenters. The average molecular weight is 493 g/mol. The van der Waals surface area contributed by atoms with E-state index in [-0.39, 0.29) is 0 Å². The summed E-state index contributed by atoms with van der Waals surface area (Å²) in [4.78, 5) is 2.90. The Labute approximate surface area is 220 Å². The highest BCUT2D eigenvalue weighted by molar-refractivity contribution is 4.91. The highest BCUT2D eigenvalue weighted by atomic mass is 15.3. The van der Waals surface area contributed by atoms with Crippen LogP contribution in [-0.4, -0.2) is 48.9 Å². The predicted octanol–water partition coefficient (Wildman–Crippen LogP) is 7.15. The Morgan fingerprint density at radius 1 is 0.857 bits per heavy atom. The molecule has 2 fully saturated rings. The van der Waals surface area contributed by atoms with Crippen molar-refractivity contribution in [2.24, 2.45) is 23.2 Å². The highest BCUT2D eigenvalue weighted by Crippen LogP contribution is 2.32. The van der Waals surface area contributed by atoms with Crippen LogP contribution in [0.5, 0.6) is 0 Å². The Morgan fingerprint density at radius 2 is 1.51 bits per heavy atom. The Kier molecular flexibility index (Phi) is 14.2. The maximum absolute atomic E-state index is 4.18. The first-order valence-electron chi connectivity index (χ1n) is 15.7. The number of unbranched alkanes of at least 4 members (excludes halogenated alkanes) is 2. The van der Waals surface area contributed by atoms with E-state index >= 15 is 0 Å². The number of rotatable bonds is 12. The molecule has 3 N–H and O–H groups in total. The average Bonchev–Trinajstić information content (AvgIpc) is 2.95. The number of hydrogen-bond acceptors (Lipinski definition) is 4. The molecule has 2 aliphatic rings. The molecule has 2 aliphatic heterocycles. The van der Waals surface area contributed by atoms with E-state index in [1.54, 1.807) is 0 Å². The van der Waals surface area contributed by atoms with Gasteiger partial charge in [0.1, 0.15) is 0 Å². The molecule has 0 aromatic carbocycles. The van der Waals surface area contributed by atoms with Crippen molar-refractivity contribution in [2.45, 2.75) is 157 Å². The van der Waals surface area contributed by atoms with Crippen LogP contribution < -0.4 is 16.0 Å². The van der Waals surface area contributed by atoms with Crippen LogP contribution in [0.2, 0.25) is 0 Å². The minimum Gasteiger partial charge on any atom is -0.301 e. The second-order valence-corrected chi connectivity index (χ2v) is 13.2. The second-order valence-electron chi connectivity index (χ2n) is 13.2. The Balaban J connectivity index is 2.26. The molecule has 2 heterocycles. The lowest BCUT2D eigenvalue weighted by atomic mass is 9.81. The molecule has 208 valence electrons. The maximum Gasteiger partial charge on any atom is 0.0626 e. The van der Waals surface area contributed by atoms with Gasteiger partial charge in [-0.05, 0) is 75.2 Å². The largest absolute Gasteiger partial charge is 0.301 e. The predicted molar refractivity (Wildman–Crippen MR) is 155 cm³/mol. The normalized spacial score (nSPS) is 32.7. The van der Waals surface area contributed by atoms with E-state index < -0.39 is 0 Å². The molecule has 0 bridgehead atoms. The summed E-state index contributed by atoms with van der Waals surface area (Å²) in [6, 6.07) is 1.16. The van der Waals surface area contributed by atoms with Crippen molar-refractivity contribution in [3.8, 4) is 0 Å². The summed E-state index contributed by atoms with van der Waals surface area (Å²) in [7, 11) is 0. The lowest BCUT2D eigenvalue weighted by molar-refractivity contribution is 0.0532. The van der Waals surface area contributed by atoms with Crippen molar-refractivity contribution in [3.63, 3.8) is 0 Å². The zero-order valence-corrected chi connectivity index (χ0v) is 25.1. The Bertz CT molecular complexity index is 550. The van der Waals surface area contributed by atoms with Gasteiger partial charge in [-0.25, -0.2) is 0 Å². The van der Waals surface area contributed by atoms with Gasteiger partial charge < -0.3 is 5.32 Å². The van der Waals surface area contributed by atoms with Gasteiger partial charge in [-0.2, -0.15) is 0 Å². The molecule has 0 aliphatic carbocycles. The molecule has 2 rings (SSSR count). The van der Waals surface area contributed by atoms with Crippen molar-refractivity contribution >= 4 is 0 Å². The van der Waals surface area contributed by atoms with Crippen LogP contribution in [-0.2, 0) is 0 Å². The molecule has 0 amide bonds. The number of nitrogens with one attached hydrogen (secondary N) is 3. The molecule has 0 aromatic heterocycles. The van der Waals surface area contributed by atoms with E-state index in [4.69, 9.17) is 0 Å². The van der Waals surface area contributed by atoms with Crippen LogP contribution in [0.3, 0.4) is 0 Å². The summed E-state index contributed by atoms with van der Waals surface area (Å²) in [6.45, 7) is 22.9. The summed E-state index contributed by atoms with van der Waals surface area (Å²) in [5.41, 5.74) is 0.357. The van der Waals surface area contributed by atoms with Gasteiger partial charge in [0.25, 0.3) is 0 Å². The third-order valence-electron chi connectivity index (χ3n) is 9.02.